The van der Waals surface area contributed by atoms with E-state index in [1.807, 2.05) is 62.4 Å². The Kier molecular flexibility index (Phi) is 6.87. The molecule has 0 spiro atoms. The Balaban J connectivity index is 1.71. The van der Waals surface area contributed by atoms with Gasteiger partial charge in [0.25, 0.3) is 5.91 Å². The molecule has 6 heteroatoms. The number of fused-ring (bicyclic) bond motifs is 1. The van der Waals surface area contributed by atoms with E-state index in [0.717, 1.165) is 16.5 Å². The van der Waals surface area contributed by atoms with Crippen LogP contribution >= 0.6 is 0 Å². The lowest BCUT2D eigenvalue weighted by Crippen LogP contribution is -2.17. The summed E-state index contributed by atoms with van der Waals surface area (Å²) in [6.45, 7) is 4.00. The van der Waals surface area contributed by atoms with Crippen molar-refractivity contribution in [1.29, 1.82) is 0 Å². The highest BCUT2D eigenvalue weighted by Crippen LogP contribution is 2.26. The van der Waals surface area contributed by atoms with Gasteiger partial charge in [-0.1, -0.05) is 48.0 Å². The van der Waals surface area contributed by atoms with E-state index in [2.05, 4.69) is 10.6 Å². The minimum atomic E-state index is -0.331. The zero-order valence-electron chi connectivity index (χ0n) is 19.1. The number of halogens is 1. The Labute approximate surface area is 197 Å². The molecule has 2 N–H and O–H groups in total. The van der Waals surface area contributed by atoms with E-state index < -0.39 is 0 Å². The first-order chi connectivity index (χ1) is 16.4. The Morgan fingerprint density at radius 3 is 2.38 bits per heavy atom. The summed E-state index contributed by atoms with van der Waals surface area (Å²) in [5.41, 5.74) is 3.93. The van der Waals surface area contributed by atoms with Crippen LogP contribution in [-0.4, -0.2) is 16.4 Å². The van der Waals surface area contributed by atoms with Crippen molar-refractivity contribution in [3.05, 3.63) is 108 Å². The van der Waals surface area contributed by atoms with E-state index in [1.165, 1.54) is 6.07 Å². The van der Waals surface area contributed by atoms with Crippen LogP contribution in [0.15, 0.2) is 90.5 Å². The molecular weight excluding hydrogens is 429 g/mol. The van der Waals surface area contributed by atoms with Gasteiger partial charge in [-0.05, 0) is 56.3 Å². The molecule has 0 saturated carbocycles. The number of hydrogen-bond donors (Lipinski definition) is 2. The Morgan fingerprint density at radius 1 is 0.912 bits per heavy atom. The zero-order chi connectivity index (χ0) is 24.1. The Morgan fingerprint density at radius 2 is 1.65 bits per heavy atom. The van der Waals surface area contributed by atoms with E-state index >= 15 is 0 Å². The summed E-state index contributed by atoms with van der Waals surface area (Å²) in [6.07, 6.45) is 2.22. The molecule has 0 aliphatic rings. The molecule has 3 aromatic carbocycles. The van der Waals surface area contributed by atoms with Crippen LogP contribution < -0.4 is 10.6 Å². The lowest BCUT2D eigenvalue weighted by Gasteiger charge is -2.12. The number of anilines is 2. The molecule has 1 aromatic heterocycles. The molecule has 0 atom stereocenters. The van der Waals surface area contributed by atoms with Crippen LogP contribution in [0.1, 0.15) is 36.3 Å². The maximum atomic E-state index is 14.4. The van der Waals surface area contributed by atoms with E-state index in [4.69, 9.17) is 0 Å². The quantitative estimate of drug-likeness (QED) is 0.318. The van der Waals surface area contributed by atoms with Gasteiger partial charge in [0.1, 0.15) is 11.5 Å². The van der Waals surface area contributed by atoms with Gasteiger partial charge in [0.2, 0.25) is 5.91 Å². The predicted octanol–water partition coefficient (Wildman–Crippen LogP) is 6.38. The van der Waals surface area contributed by atoms with Crippen molar-refractivity contribution in [2.45, 2.75) is 26.8 Å². The number of hydrogen-bond acceptors (Lipinski definition) is 2. The number of rotatable bonds is 7. The van der Waals surface area contributed by atoms with Crippen LogP contribution in [0.5, 0.6) is 0 Å². The molecule has 5 nitrogen and oxygen atoms in total. The minimum absolute atomic E-state index is 0.109. The van der Waals surface area contributed by atoms with Crippen molar-refractivity contribution in [3.63, 3.8) is 0 Å². The van der Waals surface area contributed by atoms with Crippen LogP contribution in [0, 0.1) is 5.82 Å². The standard InChI is InChI=1S/C28H26FN3O2/c1-3-19(2)15-27(33)30-23-13-14-25-21(16-23)17-26(28(34)31-22-10-5-4-6-11-22)32(25)18-20-9-7-8-12-24(20)29/h3-14,16-17H,15,18H2,1-2H3,(H,30,33)(H,31,34)/b19-3+. The number of nitrogens with zero attached hydrogens (tertiary/aromatic N) is 1. The summed E-state index contributed by atoms with van der Waals surface area (Å²) >= 11 is 0. The number of nitrogens with one attached hydrogen (secondary N) is 2. The van der Waals surface area contributed by atoms with Crippen molar-refractivity contribution in [2.24, 2.45) is 0 Å². The monoisotopic (exact) mass is 455 g/mol. The minimum Gasteiger partial charge on any atom is -0.332 e. The number of amides is 2. The van der Waals surface area contributed by atoms with Crippen molar-refractivity contribution in [3.8, 4) is 0 Å². The predicted molar refractivity (Wildman–Crippen MR) is 135 cm³/mol. The van der Waals surface area contributed by atoms with E-state index in [-0.39, 0.29) is 24.2 Å². The van der Waals surface area contributed by atoms with Crippen LogP contribution in [-0.2, 0) is 11.3 Å². The normalized spacial score (nSPS) is 11.4. The lowest BCUT2D eigenvalue weighted by molar-refractivity contribution is -0.115. The largest absolute Gasteiger partial charge is 0.332 e. The molecule has 4 aromatic rings. The molecule has 2 amide bonds. The number of carbonyl (C=O) groups is 2. The van der Waals surface area contributed by atoms with Crippen molar-refractivity contribution in [1.82, 2.24) is 4.57 Å². The van der Waals surface area contributed by atoms with Gasteiger partial charge in [-0.2, -0.15) is 0 Å². The second-order valence-electron chi connectivity index (χ2n) is 8.16. The average molecular weight is 456 g/mol. The number of carbonyl (C=O) groups excluding carboxylic acids is 2. The number of benzene rings is 3. The molecule has 0 bridgehead atoms. The summed E-state index contributed by atoms with van der Waals surface area (Å²) in [4.78, 5) is 25.5. The topological polar surface area (TPSA) is 63.1 Å². The third-order valence-electron chi connectivity index (χ3n) is 5.67. The van der Waals surface area contributed by atoms with Crippen LogP contribution in [0.3, 0.4) is 0 Å². The van der Waals surface area contributed by atoms with E-state index in [0.29, 0.717) is 29.1 Å². The SMILES string of the molecule is C/C=C(\C)CC(=O)Nc1ccc2c(c1)cc(C(=O)Nc1ccccc1)n2Cc1ccccc1F. The van der Waals surface area contributed by atoms with Gasteiger partial charge in [-0.3, -0.25) is 9.59 Å². The van der Waals surface area contributed by atoms with Crippen LogP contribution in [0.25, 0.3) is 10.9 Å². The molecule has 34 heavy (non-hydrogen) atoms. The van der Waals surface area contributed by atoms with Crippen LogP contribution in [0.2, 0.25) is 0 Å². The highest BCUT2D eigenvalue weighted by atomic mass is 19.1. The second-order valence-corrected chi connectivity index (χ2v) is 8.16. The Bertz CT molecular complexity index is 1370. The molecular formula is C28H26FN3O2. The van der Waals surface area contributed by atoms with Gasteiger partial charge in [-0.15, -0.1) is 0 Å². The summed E-state index contributed by atoms with van der Waals surface area (Å²) < 4.78 is 16.2. The fraction of sp³-hybridized carbons (Fsp3) is 0.143. The van der Waals surface area contributed by atoms with Gasteiger partial charge < -0.3 is 15.2 Å². The molecule has 172 valence electrons. The van der Waals surface area contributed by atoms with E-state index in [1.54, 1.807) is 34.9 Å². The van der Waals surface area contributed by atoms with Gasteiger partial charge >= 0.3 is 0 Å². The molecule has 4 rings (SSSR count). The first-order valence-electron chi connectivity index (χ1n) is 11.1. The molecule has 0 unspecified atom stereocenters. The fourth-order valence-electron chi connectivity index (χ4n) is 3.78. The first-order valence-corrected chi connectivity index (χ1v) is 11.1. The van der Waals surface area contributed by atoms with Crippen LogP contribution in [0.4, 0.5) is 15.8 Å². The molecule has 0 fully saturated rings. The maximum Gasteiger partial charge on any atom is 0.272 e. The first kappa shape index (κ1) is 23.0. The summed E-state index contributed by atoms with van der Waals surface area (Å²) in [5.74, 6) is -0.738. The van der Waals surface area contributed by atoms with Gasteiger partial charge in [0.15, 0.2) is 0 Å². The highest BCUT2D eigenvalue weighted by Gasteiger charge is 2.18. The second kappa shape index (κ2) is 10.2. The van der Waals surface area contributed by atoms with Crippen molar-refractivity contribution in [2.75, 3.05) is 10.6 Å². The van der Waals surface area contributed by atoms with Gasteiger partial charge in [0.05, 0.1) is 6.54 Å². The fourth-order valence-corrected chi connectivity index (χ4v) is 3.78. The summed E-state index contributed by atoms with van der Waals surface area (Å²) in [7, 11) is 0. The Hall–Kier alpha value is -4.19. The van der Waals surface area contributed by atoms with Gasteiger partial charge in [-0.25, -0.2) is 4.39 Å². The number of para-hydroxylation sites is 1. The number of aromatic nitrogens is 1. The van der Waals surface area contributed by atoms with E-state index in [9.17, 15) is 14.0 Å². The zero-order valence-corrected chi connectivity index (χ0v) is 19.1. The third-order valence-corrected chi connectivity index (χ3v) is 5.67. The number of allylic oxidation sites excluding steroid dienone is 1. The lowest BCUT2D eigenvalue weighted by atomic mass is 10.2. The molecule has 0 aliphatic carbocycles. The molecule has 0 aliphatic heterocycles. The molecule has 1 heterocycles. The highest BCUT2D eigenvalue weighted by molar-refractivity contribution is 6.07. The molecule has 0 radical (unpaired) electrons. The maximum absolute atomic E-state index is 14.4. The smallest absolute Gasteiger partial charge is 0.272 e. The average Bonchev–Trinajstić information content (AvgIpc) is 3.18. The molecule has 0 saturated heterocycles. The summed E-state index contributed by atoms with van der Waals surface area (Å²) in [6, 6.07) is 22.9. The van der Waals surface area contributed by atoms with Gasteiger partial charge in [0, 0.05) is 34.3 Å². The van der Waals surface area contributed by atoms with Crippen molar-refractivity contribution < 1.29 is 14.0 Å². The summed E-state index contributed by atoms with van der Waals surface area (Å²) in [5, 5.41) is 6.58. The van der Waals surface area contributed by atoms with Crippen molar-refractivity contribution >= 4 is 34.1 Å². The third kappa shape index (κ3) is 5.23.